The van der Waals surface area contributed by atoms with Crippen molar-refractivity contribution in [3.05, 3.63) is 83.5 Å². The van der Waals surface area contributed by atoms with Crippen LogP contribution in [0.1, 0.15) is 134 Å². The highest BCUT2D eigenvalue weighted by atomic mass is 16.7. The molecule has 1 aromatic heterocycles. The molecule has 15 aliphatic rings. The van der Waals surface area contributed by atoms with Crippen LogP contribution in [0.5, 0.6) is 0 Å². The zero-order chi connectivity index (χ0) is 55.9. The largest absolute Gasteiger partial charge is 0.469 e. The average molecular weight is 1120 g/mol. The minimum Gasteiger partial charge on any atom is -0.469 e. The van der Waals surface area contributed by atoms with Gasteiger partial charge in [-0.1, -0.05) is 81.5 Å². The van der Waals surface area contributed by atoms with Gasteiger partial charge < -0.3 is 43.6 Å². The molecule has 7 saturated carbocycles. The summed E-state index contributed by atoms with van der Waals surface area (Å²) in [6.07, 6.45) is 17.2. The number of rotatable bonds is 10. The van der Waals surface area contributed by atoms with Crippen LogP contribution in [0.2, 0.25) is 0 Å². The normalized spacial score (nSPS) is 51.4. The Morgan fingerprint density at radius 3 is 2.66 bits per heavy atom. The highest BCUT2D eigenvalue weighted by Gasteiger charge is 3.00. The summed E-state index contributed by atoms with van der Waals surface area (Å²) in [7, 11) is 0. The van der Waals surface area contributed by atoms with Crippen molar-refractivity contribution in [2.24, 2.45) is 105 Å². The summed E-state index contributed by atoms with van der Waals surface area (Å²) in [6.45, 7) is 10.3. The zero-order valence-electron chi connectivity index (χ0n) is 48.4. The summed E-state index contributed by atoms with van der Waals surface area (Å²) in [6, 6.07) is 13.1. The number of ketones is 1. The number of carbonyl (C=O) groups is 3. The molecule has 17 rings (SSSR count). The van der Waals surface area contributed by atoms with Gasteiger partial charge >= 0.3 is 11.9 Å². The van der Waals surface area contributed by atoms with Crippen LogP contribution in [0.25, 0.3) is 0 Å². The van der Waals surface area contributed by atoms with Crippen LogP contribution in [0.4, 0.5) is 0 Å². The number of esters is 2. The number of cyclic esters (lactones) is 1. The Balaban J connectivity index is 0.887. The number of epoxide rings is 1. The van der Waals surface area contributed by atoms with Gasteiger partial charge in [0.25, 0.3) is 0 Å². The first-order valence-corrected chi connectivity index (χ1v) is 32.3. The molecule has 4 N–H and O–H groups in total. The Morgan fingerprint density at radius 1 is 0.976 bits per heavy atom. The number of Topliss-reactive ketones (excluding diaryl/α,β-unsaturated/α-hetero) is 1. The van der Waals surface area contributed by atoms with Crippen LogP contribution in [0, 0.1) is 116 Å². The third-order valence-electron chi connectivity index (χ3n) is 27.5. The van der Waals surface area contributed by atoms with E-state index in [1.807, 2.05) is 6.07 Å². The molecule has 1 aromatic carbocycles. The molecular weight excluding hydrogens is 1030 g/mol. The number of nitrogens with zero attached hydrogens (tertiary/aromatic N) is 1. The van der Waals surface area contributed by atoms with Crippen molar-refractivity contribution in [1.29, 1.82) is 0 Å². The van der Waals surface area contributed by atoms with Crippen LogP contribution >= 0.6 is 0 Å². The molecule has 0 radical (unpaired) electrons. The monoisotopic (exact) mass is 1120 g/mol. The zero-order valence-corrected chi connectivity index (χ0v) is 48.4. The summed E-state index contributed by atoms with van der Waals surface area (Å²) in [5, 5.41) is 41.3. The van der Waals surface area contributed by atoms with Crippen molar-refractivity contribution < 1.29 is 53.1 Å². The molecule has 8 aliphatic carbocycles. The maximum Gasteiger partial charge on any atom is 0.339 e. The van der Waals surface area contributed by atoms with E-state index in [4.69, 9.17) is 23.4 Å². The molecule has 25 unspecified atom stereocenters. The third-order valence-corrected chi connectivity index (χ3v) is 27.5. The van der Waals surface area contributed by atoms with Gasteiger partial charge in [0.05, 0.1) is 54.9 Å². The number of fused-ring (bicyclic) bond motifs is 6. The topological polar surface area (TPSA) is 181 Å². The Morgan fingerprint density at radius 2 is 1.83 bits per heavy atom. The second-order valence-corrected chi connectivity index (χ2v) is 30.6. The van der Waals surface area contributed by atoms with E-state index >= 15 is 14.4 Å². The molecule has 5 saturated heterocycles. The average Bonchev–Trinajstić information content (AvgIpc) is 1.46. The Labute approximate surface area is 482 Å². The molecule has 7 aliphatic heterocycles. The molecule has 13 heteroatoms. The lowest BCUT2D eigenvalue weighted by Crippen LogP contribution is -2.83. The Hall–Kier alpha value is -4.29. The molecule has 13 nitrogen and oxygen atoms in total. The number of ether oxygens (including phenoxy) is 4. The first kappa shape index (κ1) is 52.1. The van der Waals surface area contributed by atoms with Crippen molar-refractivity contribution in [1.82, 2.24) is 10.2 Å². The van der Waals surface area contributed by atoms with Crippen LogP contribution in [-0.2, 0) is 51.8 Å². The summed E-state index contributed by atoms with van der Waals surface area (Å²) < 4.78 is 36.9. The second-order valence-electron chi connectivity index (χ2n) is 30.6. The van der Waals surface area contributed by atoms with E-state index in [9.17, 15) is 15.3 Å². The first-order valence-electron chi connectivity index (χ1n) is 32.3. The number of benzene rings is 1. The second kappa shape index (κ2) is 17.2. The van der Waals surface area contributed by atoms with Crippen molar-refractivity contribution in [3.63, 3.8) is 0 Å². The molecule has 12 fully saturated rings. The summed E-state index contributed by atoms with van der Waals surface area (Å²) in [5.41, 5.74) is -6.14. The van der Waals surface area contributed by atoms with Gasteiger partial charge in [-0.15, -0.1) is 0 Å². The highest BCUT2D eigenvalue weighted by Crippen LogP contribution is 2.91. The van der Waals surface area contributed by atoms with Crippen molar-refractivity contribution in [2.45, 2.75) is 177 Å². The van der Waals surface area contributed by atoms with Crippen LogP contribution < -0.4 is 5.32 Å². The number of allylic oxidation sites excluding steroid dienone is 1. The lowest BCUT2D eigenvalue weighted by atomic mass is 9.28. The number of aliphatic hydroxyl groups is 3. The van der Waals surface area contributed by atoms with E-state index in [1.54, 1.807) is 6.26 Å². The fourth-order valence-electron chi connectivity index (χ4n) is 25.2. The maximum absolute atomic E-state index is 17.3. The summed E-state index contributed by atoms with van der Waals surface area (Å²) >= 11 is 0. The molecule has 436 valence electrons. The van der Waals surface area contributed by atoms with Gasteiger partial charge in [-0.25, -0.2) is 4.79 Å². The molecule has 2 aromatic rings. The molecule has 0 amide bonds. The molecular formula is C69H84N2O11. The van der Waals surface area contributed by atoms with Gasteiger partial charge in [-0.3, -0.25) is 14.9 Å². The highest BCUT2D eigenvalue weighted by molar-refractivity contribution is 5.94. The predicted octanol–water partition coefficient (Wildman–Crippen LogP) is 8.23. The van der Waals surface area contributed by atoms with E-state index in [0.29, 0.717) is 54.9 Å². The minimum absolute atomic E-state index is 0.00875. The predicted molar refractivity (Wildman–Crippen MR) is 299 cm³/mol. The lowest BCUT2D eigenvalue weighted by molar-refractivity contribution is -0.315. The summed E-state index contributed by atoms with van der Waals surface area (Å²) in [5.74, 6) is 5.71. The number of furan rings is 1. The van der Waals surface area contributed by atoms with Crippen LogP contribution in [0.3, 0.4) is 0 Å². The van der Waals surface area contributed by atoms with Gasteiger partial charge in [-0.2, -0.15) is 0 Å². The quantitative estimate of drug-likeness (QED) is 0.0775. The van der Waals surface area contributed by atoms with Crippen molar-refractivity contribution in [3.8, 4) is 11.8 Å². The van der Waals surface area contributed by atoms with Gasteiger partial charge in [0.15, 0.2) is 17.5 Å². The fourth-order valence-corrected chi connectivity index (χ4v) is 25.2. The van der Waals surface area contributed by atoms with E-state index in [-0.39, 0.29) is 72.1 Å². The summed E-state index contributed by atoms with van der Waals surface area (Å²) in [4.78, 5) is 51.3. The molecule has 25 atom stereocenters. The van der Waals surface area contributed by atoms with Gasteiger partial charge in [0.1, 0.15) is 29.7 Å². The van der Waals surface area contributed by atoms with E-state index < -0.39 is 98.6 Å². The maximum atomic E-state index is 17.3. The van der Waals surface area contributed by atoms with Crippen molar-refractivity contribution >= 4 is 17.7 Å². The minimum atomic E-state index is -1.57. The Kier molecular flexibility index (Phi) is 10.9. The standard InChI is InChI=1S/C69H84N2O11/c1-37(2)24-45-29-46-28-44-13-9-20-64(44)32-43-31-62(3)66(49-19-23-78-53(49)30-48(52(73)34-72)41-16-17-47-42(27-41)18-22-71-36-70-33-51(47)71)21-8-12-40-15-14-39(25-38-10-6-5-7-11-38)26-50(40)67(69(62)59(80-69)61(77)81-66)55(43)65-35-79-60(76)57(64)68(46,65)82-63(45,4)56(65)54(74)58(67)75/h5-7,10-11,18-19,22-23,29,37,39-45,47-48,50-52,55-59,70,72-73,75H,9,13-17,20-21,24-28,30-36H2,1-4H3. The number of carbonyl (C=O) groups excluding carboxylic acids is 3. The SMILES string of the molecule is CC(C)CC1C=C2CC3CCCC34CC3CC5(C)C6(c7ccoc7CC(C(O)CO)C7CCC8C(C=CN9CNCC89)C7)CC#CC7CCC(Cc8ccccc8)CC7C7(C(O)C(=O)C8C1(C)OC21C4C(=O)OCC81C37)C51OC1C(=O)O6. The van der Waals surface area contributed by atoms with E-state index in [0.717, 1.165) is 83.8 Å². The smallest absolute Gasteiger partial charge is 0.339 e. The number of nitrogens with one attached hydrogen (secondary N) is 1. The van der Waals surface area contributed by atoms with Gasteiger partial charge in [-0.05, 0) is 178 Å². The van der Waals surface area contributed by atoms with Crippen molar-refractivity contribution in [2.75, 3.05) is 26.4 Å². The number of aliphatic hydroxyl groups excluding tert-OH is 3. The molecule has 9 bridgehead atoms. The fraction of sp³-hybridized carbons (Fsp3) is 0.725. The molecule has 5 spiro atoms. The Bertz CT molecular complexity index is 3180. The van der Waals surface area contributed by atoms with Gasteiger partial charge in [0, 0.05) is 47.2 Å². The van der Waals surface area contributed by atoms with E-state index in [1.165, 1.54) is 11.1 Å². The van der Waals surface area contributed by atoms with Crippen LogP contribution in [0.15, 0.2) is 71.0 Å². The van der Waals surface area contributed by atoms with Gasteiger partial charge in [0.2, 0.25) is 0 Å². The third kappa shape index (κ3) is 5.94. The lowest BCUT2D eigenvalue weighted by Gasteiger charge is -2.74. The number of hydrogen-bond donors (Lipinski definition) is 4. The van der Waals surface area contributed by atoms with Crippen LogP contribution in [-0.4, -0.2) is 106 Å². The number of hydrogen-bond acceptors (Lipinski definition) is 13. The molecule has 82 heavy (non-hydrogen) atoms. The first-order chi connectivity index (χ1) is 39.6. The van der Waals surface area contributed by atoms with E-state index in [2.05, 4.69) is 98.4 Å². The molecule has 8 heterocycles.